The van der Waals surface area contributed by atoms with E-state index >= 15 is 0 Å². The van der Waals surface area contributed by atoms with Gasteiger partial charge in [0.2, 0.25) is 0 Å². The topological polar surface area (TPSA) is 37.8 Å². The molecule has 1 atom stereocenters. The number of hydrogen-bond acceptors (Lipinski definition) is 3. The largest absolute Gasteiger partial charge is 0.303 e. The van der Waals surface area contributed by atoms with Gasteiger partial charge in [0.05, 0.1) is 6.54 Å². The molecule has 1 heterocycles. The van der Waals surface area contributed by atoms with E-state index in [9.17, 15) is 0 Å². The van der Waals surface area contributed by atoms with Crippen molar-refractivity contribution in [2.45, 2.75) is 19.5 Å². The number of aromatic nitrogens is 2. The van der Waals surface area contributed by atoms with E-state index < -0.39 is 0 Å². The van der Waals surface area contributed by atoms with E-state index in [1.54, 1.807) is 12.4 Å². The molecule has 1 aromatic carbocycles. The summed E-state index contributed by atoms with van der Waals surface area (Å²) in [5, 5.41) is 3.39. The average molecular weight is 292 g/mol. The molecule has 2 rings (SSSR count). The molecule has 0 aliphatic rings. The first-order valence-electron chi connectivity index (χ1n) is 5.50. The number of rotatable bonds is 4. The second-order valence-electron chi connectivity index (χ2n) is 3.82. The van der Waals surface area contributed by atoms with Crippen LogP contribution in [-0.2, 0) is 6.54 Å². The van der Waals surface area contributed by atoms with Crippen molar-refractivity contribution in [3.05, 3.63) is 58.6 Å². The van der Waals surface area contributed by atoms with Crippen LogP contribution in [0.25, 0.3) is 0 Å². The van der Waals surface area contributed by atoms with E-state index in [1.165, 1.54) is 5.56 Å². The molecule has 2 aromatic rings. The number of nitrogens with one attached hydrogen (secondary N) is 1. The van der Waals surface area contributed by atoms with Gasteiger partial charge >= 0.3 is 0 Å². The van der Waals surface area contributed by atoms with Gasteiger partial charge in [0.15, 0.2) is 0 Å². The maximum atomic E-state index is 4.18. The fourth-order valence-electron chi connectivity index (χ4n) is 1.53. The van der Waals surface area contributed by atoms with Gasteiger partial charge in [-0.25, -0.2) is 9.97 Å². The molecule has 0 aliphatic heterocycles. The Morgan fingerprint density at radius 3 is 2.47 bits per heavy atom. The SMILES string of the molecule is C[C@H](NCc1ncccn1)c1ccc(Br)cc1. The van der Waals surface area contributed by atoms with Crippen LogP contribution in [0.15, 0.2) is 47.2 Å². The summed E-state index contributed by atoms with van der Waals surface area (Å²) in [6, 6.07) is 10.4. The molecular weight excluding hydrogens is 278 g/mol. The summed E-state index contributed by atoms with van der Waals surface area (Å²) in [7, 11) is 0. The minimum atomic E-state index is 0.284. The van der Waals surface area contributed by atoms with Crippen molar-refractivity contribution in [1.82, 2.24) is 15.3 Å². The maximum Gasteiger partial charge on any atom is 0.141 e. The third-order valence-corrected chi connectivity index (χ3v) is 3.08. The van der Waals surface area contributed by atoms with Crippen molar-refractivity contribution >= 4 is 15.9 Å². The lowest BCUT2D eigenvalue weighted by Gasteiger charge is -2.13. The molecule has 88 valence electrons. The zero-order chi connectivity index (χ0) is 12.1. The fourth-order valence-corrected chi connectivity index (χ4v) is 1.80. The maximum absolute atomic E-state index is 4.18. The molecule has 0 fully saturated rings. The highest BCUT2D eigenvalue weighted by Crippen LogP contribution is 2.16. The number of benzene rings is 1. The Morgan fingerprint density at radius 2 is 1.82 bits per heavy atom. The molecule has 0 unspecified atom stereocenters. The summed E-state index contributed by atoms with van der Waals surface area (Å²) < 4.78 is 1.10. The molecule has 0 amide bonds. The van der Waals surface area contributed by atoms with Crippen molar-refractivity contribution < 1.29 is 0 Å². The van der Waals surface area contributed by atoms with Gasteiger partial charge in [-0.2, -0.15) is 0 Å². The van der Waals surface area contributed by atoms with Gasteiger partial charge in [0.1, 0.15) is 5.82 Å². The lowest BCUT2D eigenvalue weighted by atomic mass is 10.1. The summed E-state index contributed by atoms with van der Waals surface area (Å²) >= 11 is 3.43. The van der Waals surface area contributed by atoms with Crippen molar-refractivity contribution in [2.24, 2.45) is 0 Å². The van der Waals surface area contributed by atoms with Crippen LogP contribution < -0.4 is 5.32 Å². The summed E-state index contributed by atoms with van der Waals surface area (Å²) in [6.07, 6.45) is 3.52. The van der Waals surface area contributed by atoms with Crippen LogP contribution in [0.1, 0.15) is 24.4 Å². The molecule has 4 heteroatoms. The highest BCUT2D eigenvalue weighted by atomic mass is 79.9. The smallest absolute Gasteiger partial charge is 0.141 e. The first-order chi connectivity index (χ1) is 8.25. The normalized spacial score (nSPS) is 12.4. The fraction of sp³-hybridized carbons (Fsp3) is 0.231. The molecule has 0 spiro atoms. The minimum absolute atomic E-state index is 0.284. The molecule has 0 radical (unpaired) electrons. The van der Waals surface area contributed by atoms with Crippen molar-refractivity contribution in [1.29, 1.82) is 0 Å². The standard InChI is InChI=1S/C13H14BrN3/c1-10(11-3-5-12(14)6-4-11)17-9-13-15-7-2-8-16-13/h2-8,10,17H,9H2,1H3/t10-/m0/s1. The predicted molar refractivity (Wildman–Crippen MR) is 71.4 cm³/mol. The summed E-state index contributed by atoms with van der Waals surface area (Å²) in [5.41, 5.74) is 1.25. The van der Waals surface area contributed by atoms with Crippen LogP contribution >= 0.6 is 15.9 Å². The van der Waals surface area contributed by atoms with E-state index in [0.717, 1.165) is 10.3 Å². The molecule has 1 N–H and O–H groups in total. The molecule has 0 saturated carbocycles. The van der Waals surface area contributed by atoms with E-state index in [1.807, 2.05) is 18.2 Å². The Balaban J connectivity index is 1.93. The van der Waals surface area contributed by atoms with E-state index in [-0.39, 0.29) is 6.04 Å². The molecule has 3 nitrogen and oxygen atoms in total. The van der Waals surface area contributed by atoms with Gasteiger partial charge in [-0.05, 0) is 30.7 Å². The second kappa shape index (κ2) is 5.89. The highest BCUT2D eigenvalue weighted by Gasteiger charge is 2.05. The number of nitrogens with zero attached hydrogens (tertiary/aromatic N) is 2. The third kappa shape index (κ3) is 3.61. The second-order valence-corrected chi connectivity index (χ2v) is 4.73. The Labute approximate surface area is 109 Å². The van der Waals surface area contributed by atoms with E-state index in [0.29, 0.717) is 6.54 Å². The van der Waals surface area contributed by atoms with Crippen LogP contribution in [0.5, 0.6) is 0 Å². The van der Waals surface area contributed by atoms with Crippen molar-refractivity contribution in [2.75, 3.05) is 0 Å². The predicted octanol–water partition coefficient (Wildman–Crippen LogP) is 3.09. The Morgan fingerprint density at radius 1 is 1.18 bits per heavy atom. The molecule has 17 heavy (non-hydrogen) atoms. The zero-order valence-electron chi connectivity index (χ0n) is 9.60. The van der Waals surface area contributed by atoms with Crippen LogP contribution in [0, 0.1) is 0 Å². The molecule has 1 aromatic heterocycles. The van der Waals surface area contributed by atoms with Crippen molar-refractivity contribution in [3.8, 4) is 0 Å². The Hall–Kier alpha value is -1.26. The lowest BCUT2D eigenvalue weighted by molar-refractivity contribution is 0.559. The monoisotopic (exact) mass is 291 g/mol. The van der Waals surface area contributed by atoms with Gasteiger partial charge in [0, 0.05) is 22.9 Å². The molecule has 0 bridgehead atoms. The van der Waals surface area contributed by atoms with Crippen LogP contribution in [-0.4, -0.2) is 9.97 Å². The average Bonchev–Trinajstić information content (AvgIpc) is 2.38. The van der Waals surface area contributed by atoms with Gasteiger partial charge in [-0.3, -0.25) is 0 Å². The number of halogens is 1. The van der Waals surface area contributed by atoms with Crippen LogP contribution in [0.4, 0.5) is 0 Å². The summed E-state index contributed by atoms with van der Waals surface area (Å²) in [4.78, 5) is 8.35. The lowest BCUT2D eigenvalue weighted by Crippen LogP contribution is -2.19. The minimum Gasteiger partial charge on any atom is -0.303 e. The first kappa shape index (κ1) is 12.2. The molecule has 0 saturated heterocycles. The molecule has 0 aliphatic carbocycles. The zero-order valence-corrected chi connectivity index (χ0v) is 11.2. The molecular formula is C13H14BrN3. The highest BCUT2D eigenvalue weighted by molar-refractivity contribution is 9.10. The Bertz CT molecular complexity index is 456. The first-order valence-corrected chi connectivity index (χ1v) is 6.30. The summed E-state index contributed by atoms with van der Waals surface area (Å²) in [6.45, 7) is 2.81. The van der Waals surface area contributed by atoms with Crippen LogP contribution in [0.3, 0.4) is 0 Å². The van der Waals surface area contributed by atoms with Gasteiger partial charge < -0.3 is 5.32 Å². The van der Waals surface area contributed by atoms with Crippen LogP contribution in [0.2, 0.25) is 0 Å². The van der Waals surface area contributed by atoms with Gasteiger partial charge in [0.25, 0.3) is 0 Å². The van der Waals surface area contributed by atoms with E-state index in [2.05, 4.69) is 50.3 Å². The van der Waals surface area contributed by atoms with Crippen molar-refractivity contribution in [3.63, 3.8) is 0 Å². The van der Waals surface area contributed by atoms with E-state index in [4.69, 9.17) is 0 Å². The van der Waals surface area contributed by atoms with Gasteiger partial charge in [-0.1, -0.05) is 28.1 Å². The number of hydrogen-bond donors (Lipinski definition) is 1. The summed E-state index contributed by atoms with van der Waals surface area (Å²) in [5.74, 6) is 0.816. The Kier molecular flexibility index (Phi) is 4.23. The van der Waals surface area contributed by atoms with Gasteiger partial charge in [-0.15, -0.1) is 0 Å². The quantitative estimate of drug-likeness (QED) is 0.941. The third-order valence-electron chi connectivity index (χ3n) is 2.56.